The molecule has 0 saturated heterocycles. The predicted octanol–water partition coefficient (Wildman–Crippen LogP) is 3.03. The summed E-state index contributed by atoms with van der Waals surface area (Å²) in [6, 6.07) is 0.0244. The van der Waals surface area contributed by atoms with E-state index in [1.54, 1.807) is 22.4 Å². The van der Waals surface area contributed by atoms with Crippen LogP contribution in [0.15, 0.2) is 12.4 Å². The second-order valence-electron chi connectivity index (χ2n) is 5.32. The van der Waals surface area contributed by atoms with E-state index in [4.69, 9.17) is 0 Å². The molecule has 0 aliphatic heterocycles. The molecule has 1 N–H and O–H groups in total. The highest BCUT2D eigenvalue weighted by Crippen LogP contribution is 2.26. The molecule has 0 spiro atoms. The largest absolute Gasteiger partial charge is 0.337 e. The standard InChI is InChI=1S/C15H22N4OS/c1-10(15-11(2)21-12(3)18-15)19(4)14(20)7-5-6-13-8-16-17-9-13/h8-10H,5-7H2,1-4H3,(H,16,17). The van der Waals surface area contributed by atoms with Gasteiger partial charge in [-0.25, -0.2) is 4.98 Å². The summed E-state index contributed by atoms with van der Waals surface area (Å²) in [5.74, 6) is 0.163. The first-order chi connectivity index (χ1) is 9.99. The average Bonchev–Trinajstić information content (AvgIpc) is 3.06. The minimum Gasteiger partial charge on any atom is -0.337 e. The Hall–Kier alpha value is -1.69. The monoisotopic (exact) mass is 306 g/mol. The topological polar surface area (TPSA) is 61.9 Å². The van der Waals surface area contributed by atoms with Gasteiger partial charge in [-0.05, 0) is 39.2 Å². The van der Waals surface area contributed by atoms with Crippen molar-refractivity contribution in [3.63, 3.8) is 0 Å². The van der Waals surface area contributed by atoms with Crippen molar-refractivity contribution in [3.8, 4) is 0 Å². The Bertz CT molecular complexity index is 591. The lowest BCUT2D eigenvalue weighted by atomic mass is 10.1. The van der Waals surface area contributed by atoms with Gasteiger partial charge in [-0.15, -0.1) is 11.3 Å². The molecule has 2 aromatic heterocycles. The van der Waals surface area contributed by atoms with Crippen LogP contribution in [0.3, 0.4) is 0 Å². The number of amides is 1. The molecule has 21 heavy (non-hydrogen) atoms. The third-order valence-electron chi connectivity index (χ3n) is 3.72. The highest BCUT2D eigenvalue weighted by molar-refractivity contribution is 7.11. The molecule has 0 aromatic carbocycles. The normalized spacial score (nSPS) is 12.4. The summed E-state index contributed by atoms with van der Waals surface area (Å²) in [7, 11) is 1.86. The second kappa shape index (κ2) is 6.85. The number of nitrogens with one attached hydrogen (secondary N) is 1. The molecule has 0 aliphatic rings. The number of thiazole rings is 1. The zero-order valence-corrected chi connectivity index (χ0v) is 13.8. The highest BCUT2D eigenvalue weighted by Gasteiger charge is 2.21. The molecule has 2 rings (SSSR count). The number of aromatic nitrogens is 3. The fourth-order valence-corrected chi connectivity index (χ4v) is 3.27. The van der Waals surface area contributed by atoms with E-state index in [1.165, 1.54) is 4.88 Å². The van der Waals surface area contributed by atoms with Crippen LogP contribution in [0.1, 0.15) is 46.9 Å². The molecule has 0 saturated carbocycles. The molecule has 0 radical (unpaired) electrons. The van der Waals surface area contributed by atoms with Gasteiger partial charge in [0.2, 0.25) is 5.91 Å². The van der Waals surface area contributed by atoms with Gasteiger partial charge >= 0.3 is 0 Å². The number of nitrogens with zero attached hydrogens (tertiary/aromatic N) is 3. The van der Waals surface area contributed by atoms with E-state index in [2.05, 4.69) is 22.1 Å². The fraction of sp³-hybridized carbons (Fsp3) is 0.533. The molecule has 0 aliphatic carbocycles. The van der Waals surface area contributed by atoms with E-state index in [0.29, 0.717) is 6.42 Å². The quantitative estimate of drug-likeness (QED) is 0.892. The van der Waals surface area contributed by atoms with Gasteiger partial charge in [-0.1, -0.05) is 0 Å². The maximum absolute atomic E-state index is 12.3. The van der Waals surface area contributed by atoms with Crippen LogP contribution in [-0.4, -0.2) is 33.0 Å². The first-order valence-electron chi connectivity index (χ1n) is 7.16. The molecule has 0 bridgehead atoms. The number of hydrogen-bond acceptors (Lipinski definition) is 4. The Morgan fingerprint density at radius 3 is 2.81 bits per heavy atom. The number of aryl methyl sites for hydroxylation is 3. The summed E-state index contributed by atoms with van der Waals surface area (Å²) in [6.45, 7) is 6.10. The van der Waals surface area contributed by atoms with Gasteiger partial charge in [0.1, 0.15) is 0 Å². The van der Waals surface area contributed by atoms with E-state index in [1.807, 2.05) is 27.1 Å². The van der Waals surface area contributed by atoms with Crippen LogP contribution in [0, 0.1) is 13.8 Å². The molecule has 0 fully saturated rings. The zero-order chi connectivity index (χ0) is 15.4. The number of rotatable bonds is 6. The molecule has 5 nitrogen and oxygen atoms in total. The zero-order valence-electron chi connectivity index (χ0n) is 13.0. The fourth-order valence-electron chi connectivity index (χ4n) is 2.37. The molecule has 1 atom stereocenters. The van der Waals surface area contributed by atoms with Gasteiger partial charge in [-0.3, -0.25) is 9.89 Å². The summed E-state index contributed by atoms with van der Waals surface area (Å²) in [5, 5.41) is 7.75. The van der Waals surface area contributed by atoms with Crippen LogP contribution in [0.4, 0.5) is 0 Å². The highest BCUT2D eigenvalue weighted by atomic mass is 32.1. The van der Waals surface area contributed by atoms with Crippen LogP contribution in [0.5, 0.6) is 0 Å². The van der Waals surface area contributed by atoms with Gasteiger partial charge in [0, 0.05) is 24.5 Å². The van der Waals surface area contributed by atoms with Crippen LogP contribution in [0.25, 0.3) is 0 Å². The molecular formula is C15H22N4OS. The number of aromatic amines is 1. The Kier molecular flexibility index (Phi) is 5.12. The summed E-state index contributed by atoms with van der Waals surface area (Å²) in [4.78, 5) is 19.8. The minimum absolute atomic E-state index is 0.0244. The summed E-state index contributed by atoms with van der Waals surface area (Å²) >= 11 is 1.68. The lowest BCUT2D eigenvalue weighted by Gasteiger charge is -2.24. The van der Waals surface area contributed by atoms with E-state index in [-0.39, 0.29) is 11.9 Å². The second-order valence-corrected chi connectivity index (χ2v) is 6.72. The number of hydrogen-bond donors (Lipinski definition) is 1. The van der Waals surface area contributed by atoms with Crippen molar-refractivity contribution < 1.29 is 4.79 Å². The first kappa shape index (κ1) is 15.7. The molecule has 2 aromatic rings. The van der Waals surface area contributed by atoms with Crippen LogP contribution in [0.2, 0.25) is 0 Å². The minimum atomic E-state index is 0.0244. The van der Waals surface area contributed by atoms with Gasteiger partial charge < -0.3 is 4.90 Å². The molecule has 1 amide bonds. The predicted molar refractivity (Wildman–Crippen MR) is 84.3 cm³/mol. The Morgan fingerprint density at radius 2 is 2.24 bits per heavy atom. The summed E-state index contributed by atoms with van der Waals surface area (Å²) < 4.78 is 0. The van der Waals surface area contributed by atoms with E-state index in [9.17, 15) is 4.79 Å². The van der Waals surface area contributed by atoms with Crippen molar-refractivity contribution in [3.05, 3.63) is 33.5 Å². The lowest BCUT2D eigenvalue weighted by Crippen LogP contribution is -2.30. The Balaban J connectivity index is 1.88. The summed E-state index contributed by atoms with van der Waals surface area (Å²) in [5.41, 5.74) is 2.16. The van der Waals surface area contributed by atoms with Crippen LogP contribution < -0.4 is 0 Å². The first-order valence-corrected chi connectivity index (χ1v) is 7.98. The Labute approximate surface area is 129 Å². The Morgan fingerprint density at radius 1 is 1.48 bits per heavy atom. The van der Waals surface area contributed by atoms with Gasteiger partial charge in [0.25, 0.3) is 0 Å². The third kappa shape index (κ3) is 3.91. The maximum atomic E-state index is 12.3. The van der Waals surface area contributed by atoms with Gasteiger partial charge in [0.05, 0.1) is 22.9 Å². The molecular weight excluding hydrogens is 284 g/mol. The smallest absolute Gasteiger partial charge is 0.222 e. The van der Waals surface area contributed by atoms with Crippen molar-refractivity contribution >= 4 is 17.2 Å². The van der Waals surface area contributed by atoms with E-state index >= 15 is 0 Å². The van der Waals surface area contributed by atoms with Gasteiger partial charge in [0.15, 0.2) is 0 Å². The van der Waals surface area contributed by atoms with Crippen LogP contribution in [-0.2, 0) is 11.2 Å². The number of H-pyrrole nitrogens is 1. The van der Waals surface area contributed by atoms with Crippen molar-refractivity contribution in [2.45, 2.75) is 46.1 Å². The number of carbonyl (C=O) groups is 1. The molecule has 2 heterocycles. The average molecular weight is 306 g/mol. The van der Waals surface area contributed by atoms with Crippen LogP contribution >= 0.6 is 11.3 Å². The van der Waals surface area contributed by atoms with Crippen molar-refractivity contribution in [1.82, 2.24) is 20.1 Å². The molecule has 1 unspecified atom stereocenters. The molecule has 6 heteroatoms. The SMILES string of the molecule is Cc1nc(C(C)N(C)C(=O)CCCc2cn[nH]c2)c(C)s1. The lowest BCUT2D eigenvalue weighted by molar-refractivity contribution is -0.131. The summed E-state index contributed by atoms with van der Waals surface area (Å²) in [6.07, 6.45) is 5.94. The molecule has 114 valence electrons. The van der Waals surface area contributed by atoms with Gasteiger partial charge in [-0.2, -0.15) is 5.10 Å². The van der Waals surface area contributed by atoms with Crippen molar-refractivity contribution in [2.75, 3.05) is 7.05 Å². The van der Waals surface area contributed by atoms with Crippen molar-refractivity contribution in [1.29, 1.82) is 0 Å². The van der Waals surface area contributed by atoms with E-state index < -0.39 is 0 Å². The number of carbonyl (C=O) groups excluding carboxylic acids is 1. The van der Waals surface area contributed by atoms with E-state index in [0.717, 1.165) is 29.1 Å². The maximum Gasteiger partial charge on any atom is 0.222 e. The van der Waals surface area contributed by atoms with Crippen molar-refractivity contribution in [2.24, 2.45) is 0 Å². The third-order valence-corrected chi connectivity index (χ3v) is 4.62.